The van der Waals surface area contributed by atoms with Crippen LogP contribution in [0.1, 0.15) is 46.8 Å². The molecular formula is C22H28ClNO3. The molecular weight excluding hydrogens is 362 g/mol. The molecule has 3 rings (SSSR count). The van der Waals surface area contributed by atoms with Crippen LogP contribution in [0.25, 0.3) is 0 Å². The van der Waals surface area contributed by atoms with Crippen molar-refractivity contribution in [3.05, 3.63) is 64.7 Å². The third-order valence-electron chi connectivity index (χ3n) is 4.89. The van der Waals surface area contributed by atoms with Crippen molar-refractivity contribution in [3.8, 4) is 5.75 Å². The van der Waals surface area contributed by atoms with Crippen molar-refractivity contribution >= 4 is 18.4 Å². The minimum Gasteiger partial charge on any atom is -0.488 e. The highest BCUT2D eigenvalue weighted by Crippen LogP contribution is 2.32. The number of halogens is 1. The van der Waals surface area contributed by atoms with E-state index < -0.39 is 0 Å². The summed E-state index contributed by atoms with van der Waals surface area (Å²) in [5, 5.41) is 3.59. The summed E-state index contributed by atoms with van der Waals surface area (Å²) in [4.78, 5) is 12.5. The SMILES string of the molecule is CCCN[C@H]1CCc2c(ccc(OCc3ccccc3)c2C(=O)OC)C1.Cl. The van der Waals surface area contributed by atoms with Gasteiger partial charge in [-0.2, -0.15) is 0 Å². The van der Waals surface area contributed by atoms with E-state index in [9.17, 15) is 4.79 Å². The Hall–Kier alpha value is -2.04. The number of fused-ring (bicyclic) bond motifs is 1. The van der Waals surface area contributed by atoms with Crippen LogP contribution in [0.3, 0.4) is 0 Å². The molecule has 0 aliphatic heterocycles. The lowest BCUT2D eigenvalue weighted by molar-refractivity contribution is 0.0593. The van der Waals surface area contributed by atoms with E-state index in [1.54, 1.807) is 0 Å². The largest absolute Gasteiger partial charge is 0.488 e. The van der Waals surface area contributed by atoms with Crippen molar-refractivity contribution in [3.63, 3.8) is 0 Å². The molecule has 27 heavy (non-hydrogen) atoms. The second kappa shape index (κ2) is 10.3. The number of benzene rings is 2. The van der Waals surface area contributed by atoms with E-state index >= 15 is 0 Å². The maximum atomic E-state index is 12.5. The summed E-state index contributed by atoms with van der Waals surface area (Å²) in [5.74, 6) is 0.296. The number of rotatable bonds is 7. The van der Waals surface area contributed by atoms with Crippen LogP contribution < -0.4 is 10.1 Å². The Balaban J connectivity index is 0.00000261. The van der Waals surface area contributed by atoms with Gasteiger partial charge in [0.15, 0.2) is 0 Å². The van der Waals surface area contributed by atoms with Gasteiger partial charge in [0.1, 0.15) is 17.9 Å². The number of ether oxygens (including phenoxy) is 2. The number of carbonyl (C=O) groups excluding carboxylic acids is 1. The van der Waals surface area contributed by atoms with Crippen LogP contribution >= 0.6 is 12.4 Å². The van der Waals surface area contributed by atoms with E-state index in [0.717, 1.165) is 43.4 Å². The number of hydrogen-bond donors (Lipinski definition) is 1. The van der Waals surface area contributed by atoms with Gasteiger partial charge in [0, 0.05) is 6.04 Å². The molecule has 5 heteroatoms. The molecule has 0 unspecified atom stereocenters. The molecule has 0 amide bonds. The van der Waals surface area contributed by atoms with Crippen LogP contribution in [-0.2, 0) is 24.2 Å². The van der Waals surface area contributed by atoms with Gasteiger partial charge < -0.3 is 14.8 Å². The van der Waals surface area contributed by atoms with Crippen molar-refractivity contribution in [1.82, 2.24) is 5.32 Å². The Labute approximate surface area is 167 Å². The average Bonchev–Trinajstić information content (AvgIpc) is 2.70. The molecule has 2 aromatic carbocycles. The first-order chi connectivity index (χ1) is 12.7. The van der Waals surface area contributed by atoms with Crippen LogP contribution in [0.4, 0.5) is 0 Å². The molecule has 0 spiro atoms. The van der Waals surface area contributed by atoms with Crippen LogP contribution in [0, 0.1) is 0 Å². The summed E-state index contributed by atoms with van der Waals surface area (Å²) < 4.78 is 11.0. The molecule has 0 fully saturated rings. The first-order valence-corrected chi connectivity index (χ1v) is 9.36. The van der Waals surface area contributed by atoms with Crippen molar-refractivity contribution in [2.75, 3.05) is 13.7 Å². The fourth-order valence-corrected chi connectivity index (χ4v) is 3.54. The lowest BCUT2D eigenvalue weighted by Gasteiger charge is -2.27. The van der Waals surface area contributed by atoms with E-state index in [1.165, 1.54) is 12.7 Å². The fraction of sp³-hybridized carbons (Fsp3) is 0.409. The predicted molar refractivity (Wildman–Crippen MR) is 110 cm³/mol. The smallest absolute Gasteiger partial charge is 0.341 e. The van der Waals surface area contributed by atoms with Crippen molar-refractivity contribution < 1.29 is 14.3 Å². The summed E-state index contributed by atoms with van der Waals surface area (Å²) in [6, 6.07) is 14.5. The highest BCUT2D eigenvalue weighted by atomic mass is 35.5. The molecule has 146 valence electrons. The monoisotopic (exact) mass is 389 g/mol. The predicted octanol–water partition coefficient (Wildman–Crippen LogP) is 4.33. The molecule has 0 radical (unpaired) electrons. The Morgan fingerprint density at radius 2 is 1.96 bits per heavy atom. The van der Waals surface area contributed by atoms with E-state index in [1.807, 2.05) is 36.4 Å². The van der Waals surface area contributed by atoms with Gasteiger partial charge in [-0.05, 0) is 55.0 Å². The highest BCUT2D eigenvalue weighted by molar-refractivity contribution is 5.94. The molecule has 0 aromatic heterocycles. The summed E-state index contributed by atoms with van der Waals surface area (Å²) in [7, 11) is 1.43. The second-order valence-corrected chi connectivity index (χ2v) is 6.74. The van der Waals surface area contributed by atoms with Gasteiger partial charge in [0.05, 0.1) is 7.11 Å². The normalized spacial score (nSPS) is 15.4. The summed E-state index contributed by atoms with van der Waals surface area (Å²) in [6.07, 6.45) is 3.96. The number of carbonyl (C=O) groups is 1. The Morgan fingerprint density at radius 3 is 2.67 bits per heavy atom. The van der Waals surface area contributed by atoms with Gasteiger partial charge in [-0.1, -0.05) is 43.3 Å². The zero-order chi connectivity index (χ0) is 18.4. The lowest BCUT2D eigenvalue weighted by atomic mass is 9.85. The molecule has 1 atom stereocenters. The lowest BCUT2D eigenvalue weighted by Crippen LogP contribution is -2.35. The van der Waals surface area contributed by atoms with Crippen LogP contribution in [0.2, 0.25) is 0 Å². The Kier molecular flexibility index (Phi) is 8.14. The molecule has 0 heterocycles. The average molecular weight is 390 g/mol. The van der Waals surface area contributed by atoms with Gasteiger partial charge >= 0.3 is 5.97 Å². The maximum Gasteiger partial charge on any atom is 0.341 e. The molecule has 0 saturated heterocycles. The first-order valence-electron chi connectivity index (χ1n) is 9.36. The number of nitrogens with one attached hydrogen (secondary N) is 1. The van der Waals surface area contributed by atoms with E-state index in [0.29, 0.717) is 24.0 Å². The topological polar surface area (TPSA) is 47.6 Å². The third-order valence-corrected chi connectivity index (χ3v) is 4.89. The summed E-state index contributed by atoms with van der Waals surface area (Å²) in [5.41, 5.74) is 3.97. The van der Waals surface area contributed by atoms with Crippen molar-refractivity contribution in [2.45, 2.75) is 45.3 Å². The Morgan fingerprint density at radius 1 is 1.19 bits per heavy atom. The molecule has 2 aromatic rings. The van der Waals surface area contributed by atoms with Gasteiger partial charge in [-0.15, -0.1) is 12.4 Å². The maximum absolute atomic E-state index is 12.5. The standard InChI is InChI=1S/C22H27NO3.ClH/c1-3-13-23-18-10-11-19-17(14-18)9-12-20(21(19)22(24)25-2)26-15-16-7-5-4-6-8-16;/h4-9,12,18,23H,3,10-11,13-15H2,1-2H3;1H/t18-;/m0./s1. The first kappa shape index (κ1) is 21.3. The van der Waals surface area contributed by atoms with E-state index in [-0.39, 0.29) is 18.4 Å². The molecule has 1 aliphatic carbocycles. The van der Waals surface area contributed by atoms with Crippen molar-refractivity contribution in [1.29, 1.82) is 0 Å². The van der Waals surface area contributed by atoms with Crippen LogP contribution in [-0.4, -0.2) is 25.7 Å². The van der Waals surface area contributed by atoms with Gasteiger partial charge in [-0.25, -0.2) is 4.79 Å². The van der Waals surface area contributed by atoms with E-state index in [4.69, 9.17) is 9.47 Å². The molecule has 0 bridgehead atoms. The Bertz CT molecular complexity index is 749. The minimum atomic E-state index is -0.315. The van der Waals surface area contributed by atoms with Gasteiger partial charge in [0.25, 0.3) is 0 Å². The molecule has 0 saturated carbocycles. The van der Waals surface area contributed by atoms with Gasteiger partial charge in [0.2, 0.25) is 0 Å². The van der Waals surface area contributed by atoms with Crippen LogP contribution in [0.15, 0.2) is 42.5 Å². The fourth-order valence-electron chi connectivity index (χ4n) is 3.54. The number of hydrogen-bond acceptors (Lipinski definition) is 4. The molecule has 1 aliphatic rings. The van der Waals surface area contributed by atoms with Crippen molar-refractivity contribution in [2.24, 2.45) is 0 Å². The number of methoxy groups -OCH3 is 1. The van der Waals surface area contributed by atoms with E-state index in [2.05, 4.69) is 18.3 Å². The molecule has 1 N–H and O–H groups in total. The zero-order valence-corrected chi connectivity index (χ0v) is 16.8. The zero-order valence-electron chi connectivity index (χ0n) is 16.0. The highest BCUT2D eigenvalue weighted by Gasteiger charge is 2.26. The number of esters is 1. The second-order valence-electron chi connectivity index (χ2n) is 6.74. The third kappa shape index (κ3) is 5.24. The summed E-state index contributed by atoms with van der Waals surface area (Å²) >= 11 is 0. The van der Waals surface area contributed by atoms with Gasteiger partial charge in [-0.3, -0.25) is 0 Å². The quantitative estimate of drug-likeness (QED) is 0.716. The van der Waals surface area contributed by atoms with Crippen LogP contribution in [0.5, 0.6) is 5.75 Å². The minimum absolute atomic E-state index is 0. The molecule has 4 nitrogen and oxygen atoms in total. The summed E-state index contributed by atoms with van der Waals surface area (Å²) in [6.45, 7) is 3.64.